The van der Waals surface area contributed by atoms with Crippen LogP contribution in [0.5, 0.6) is 0 Å². The third-order valence-electron chi connectivity index (χ3n) is 5.23. The van der Waals surface area contributed by atoms with Crippen LogP contribution in [0.4, 0.5) is 10.1 Å². The lowest BCUT2D eigenvalue weighted by Gasteiger charge is -2.08. The highest BCUT2D eigenvalue weighted by atomic mass is 19.1. The molecule has 0 bridgehead atoms. The molecule has 4 heteroatoms. The van der Waals surface area contributed by atoms with Crippen molar-refractivity contribution in [3.05, 3.63) is 29.6 Å². The van der Waals surface area contributed by atoms with Gasteiger partial charge in [0.1, 0.15) is 5.82 Å². The average Bonchev–Trinajstić information content (AvgIpc) is 2.70. The Morgan fingerprint density at radius 2 is 1.36 bits per heavy atom. The molecule has 3 nitrogen and oxygen atoms in total. The molecule has 160 valence electrons. The van der Waals surface area contributed by atoms with Crippen LogP contribution >= 0.6 is 0 Å². The summed E-state index contributed by atoms with van der Waals surface area (Å²) in [5.41, 5.74) is 0.685. The minimum absolute atomic E-state index is 0.0236. The van der Waals surface area contributed by atoms with Crippen LogP contribution in [0.2, 0.25) is 0 Å². The van der Waals surface area contributed by atoms with Crippen LogP contribution in [-0.4, -0.2) is 19.6 Å². The zero-order valence-corrected chi connectivity index (χ0v) is 18.0. The van der Waals surface area contributed by atoms with Crippen molar-refractivity contribution in [3.63, 3.8) is 0 Å². The lowest BCUT2D eigenvalue weighted by atomic mass is 10.0. The molecule has 0 aliphatic carbocycles. The van der Waals surface area contributed by atoms with Crippen LogP contribution in [0, 0.1) is 5.82 Å². The highest BCUT2D eigenvalue weighted by Gasteiger charge is 2.11. The number of ether oxygens (including phenoxy) is 1. The number of carbonyl (C=O) groups is 1. The molecular weight excluding hydrogens is 353 g/mol. The van der Waals surface area contributed by atoms with Gasteiger partial charge in [0.05, 0.1) is 12.7 Å². The van der Waals surface area contributed by atoms with E-state index in [9.17, 15) is 9.18 Å². The summed E-state index contributed by atoms with van der Waals surface area (Å²) in [6, 6.07) is 4.55. The monoisotopic (exact) mass is 393 g/mol. The maximum Gasteiger partial charge on any atom is 0.340 e. The van der Waals surface area contributed by atoms with E-state index in [1.807, 2.05) is 0 Å². The Morgan fingerprint density at radius 1 is 0.857 bits per heavy atom. The normalized spacial score (nSPS) is 10.8. The van der Waals surface area contributed by atoms with E-state index in [0.717, 1.165) is 13.0 Å². The van der Waals surface area contributed by atoms with Gasteiger partial charge in [-0.3, -0.25) is 0 Å². The maximum absolute atomic E-state index is 13.8. The van der Waals surface area contributed by atoms with E-state index in [1.165, 1.54) is 103 Å². The third-order valence-corrected chi connectivity index (χ3v) is 5.23. The van der Waals surface area contributed by atoms with Crippen molar-refractivity contribution in [1.29, 1.82) is 0 Å². The molecule has 0 amide bonds. The largest absolute Gasteiger partial charge is 0.465 e. The van der Waals surface area contributed by atoms with Crippen LogP contribution < -0.4 is 5.32 Å². The fraction of sp³-hybridized carbons (Fsp3) is 0.708. The highest BCUT2D eigenvalue weighted by Crippen LogP contribution is 2.16. The SMILES string of the molecule is CCCCCCCCCCCCCCCCNc1ccc(C(=O)OC)c(F)c1. The predicted molar refractivity (Wildman–Crippen MR) is 117 cm³/mol. The molecular formula is C24H40FNO2. The number of rotatable bonds is 17. The molecule has 0 unspecified atom stereocenters. The van der Waals surface area contributed by atoms with Crippen molar-refractivity contribution in [2.24, 2.45) is 0 Å². The molecule has 0 aliphatic rings. The Kier molecular flexibility index (Phi) is 14.3. The number of anilines is 1. The second-order valence-electron chi connectivity index (χ2n) is 7.71. The highest BCUT2D eigenvalue weighted by molar-refractivity contribution is 5.90. The number of nitrogens with one attached hydrogen (secondary N) is 1. The van der Waals surface area contributed by atoms with E-state index in [1.54, 1.807) is 6.07 Å². The smallest absolute Gasteiger partial charge is 0.340 e. The van der Waals surface area contributed by atoms with Crippen molar-refractivity contribution >= 4 is 11.7 Å². The molecule has 1 N–H and O–H groups in total. The van der Waals surface area contributed by atoms with E-state index in [0.29, 0.717) is 5.69 Å². The van der Waals surface area contributed by atoms with Crippen molar-refractivity contribution < 1.29 is 13.9 Å². The molecule has 28 heavy (non-hydrogen) atoms. The van der Waals surface area contributed by atoms with Gasteiger partial charge in [-0.25, -0.2) is 9.18 Å². The molecule has 0 spiro atoms. The topological polar surface area (TPSA) is 38.3 Å². The molecule has 0 saturated carbocycles. The Hall–Kier alpha value is -1.58. The standard InChI is InChI=1S/C24H40FNO2/c1-3-4-5-6-7-8-9-10-11-12-13-14-15-16-19-26-21-17-18-22(23(25)20-21)24(27)28-2/h17-18,20,26H,3-16,19H2,1-2H3. The van der Waals surface area contributed by atoms with Gasteiger partial charge in [-0.2, -0.15) is 0 Å². The van der Waals surface area contributed by atoms with Crippen LogP contribution in [0.15, 0.2) is 18.2 Å². The minimum atomic E-state index is -0.643. The summed E-state index contributed by atoms with van der Waals surface area (Å²) in [5, 5.41) is 3.22. The van der Waals surface area contributed by atoms with Gasteiger partial charge in [0, 0.05) is 12.2 Å². The summed E-state index contributed by atoms with van der Waals surface area (Å²) in [7, 11) is 1.25. The number of benzene rings is 1. The number of hydrogen-bond donors (Lipinski definition) is 1. The summed E-state index contributed by atoms with van der Waals surface area (Å²) in [5.74, 6) is -1.19. The van der Waals surface area contributed by atoms with Crippen LogP contribution in [0.25, 0.3) is 0 Å². The summed E-state index contributed by atoms with van der Waals surface area (Å²) in [6.07, 6.45) is 18.8. The fourth-order valence-electron chi connectivity index (χ4n) is 3.45. The van der Waals surface area contributed by atoms with E-state index < -0.39 is 11.8 Å². The van der Waals surface area contributed by atoms with Crippen LogP contribution in [0.1, 0.15) is 107 Å². The van der Waals surface area contributed by atoms with Crippen molar-refractivity contribution in [2.45, 2.75) is 96.8 Å². The number of halogens is 1. The Bertz CT molecular complexity index is 533. The van der Waals surface area contributed by atoms with Gasteiger partial charge < -0.3 is 10.1 Å². The zero-order chi connectivity index (χ0) is 20.5. The lowest BCUT2D eigenvalue weighted by Crippen LogP contribution is -2.06. The maximum atomic E-state index is 13.8. The summed E-state index contributed by atoms with van der Waals surface area (Å²) >= 11 is 0. The molecule has 1 aromatic carbocycles. The number of esters is 1. The van der Waals surface area contributed by atoms with Gasteiger partial charge >= 0.3 is 5.97 Å². The molecule has 0 aliphatic heterocycles. The average molecular weight is 394 g/mol. The lowest BCUT2D eigenvalue weighted by molar-refractivity contribution is 0.0595. The predicted octanol–water partition coefficient (Wildman–Crippen LogP) is 7.51. The summed E-state index contributed by atoms with van der Waals surface area (Å²) < 4.78 is 18.4. The summed E-state index contributed by atoms with van der Waals surface area (Å²) in [4.78, 5) is 11.4. The van der Waals surface area contributed by atoms with Gasteiger partial charge in [0.25, 0.3) is 0 Å². The Balaban J connectivity index is 1.93. The molecule has 0 heterocycles. The fourth-order valence-corrected chi connectivity index (χ4v) is 3.45. The first-order valence-electron chi connectivity index (χ1n) is 11.3. The first kappa shape index (κ1) is 24.5. The molecule has 0 fully saturated rings. The third kappa shape index (κ3) is 11.3. The molecule has 0 atom stereocenters. The quantitative estimate of drug-likeness (QED) is 0.220. The van der Waals surface area contributed by atoms with Crippen molar-refractivity contribution in [2.75, 3.05) is 19.0 Å². The van der Waals surface area contributed by atoms with Crippen molar-refractivity contribution in [3.8, 4) is 0 Å². The zero-order valence-electron chi connectivity index (χ0n) is 18.0. The Labute approximate surface area is 171 Å². The van der Waals surface area contributed by atoms with Crippen LogP contribution in [-0.2, 0) is 4.74 Å². The second kappa shape index (κ2) is 16.4. The molecule has 0 radical (unpaired) electrons. The van der Waals surface area contributed by atoms with E-state index in [2.05, 4.69) is 17.0 Å². The second-order valence-corrected chi connectivity index (χ2v) is 7.71. The molecule has 0 saturated heterocycles. The van der Waals surface area contributed by atoms with Gasteiger partial charge in [0.2, 0.25) is 0 Å². The summed E-state index contributed by atoms with van der Waals surface area (Å²) in [6.45, 7) is 3.10. The minimum Gasteiger partial charge on any atom is -0.465 e. The number of unbranched alkanes of at least 4 members (excludes halogenated alkanes) is 13. The Morgan fingerprint density at radius 3 is 1.82 bits per heavy atom. The number of hydrogen-bond acceptors (Lipinski definition) is 3. The number of methoxy groups -OCH3 is 1. The van der Waals surface area contributed by atoms with Gasteiger partial charge in [-0.1, -0.05) is 90.4 Å². The van der Waals surface area contributed by atoms with E-state index in [-0.39, 0.29) is 5.56 Å². The molecule has 1 aromatic rings. The first-order chi connectivity index (χ1) is 13.7. The molecule has 1 rings (SSSR count). The van der Waals surface area contributed by atoms with Gasteiger partial charge in [-0.05, 0) is 24.6 Å². The first-order valence-corrected chi connectivity index (χ1v) is 11.3. The molecule has 0 aromatic heterocycles. The van der Waals surface area contributed by atoms with Crippen LogP contribution in [0.3, 0.4) is 0 Å². The van der Waals surface area contributed by atoms with E-state index >= 15 is 0 Å². The van der Waals surface area contributed by atoms with Gasteiger partial charge in [-0.15, -0.1) is 0 Å². The van der Waals surface area contributed by atoms with Crippen molar-refractivity contribution in [1.82, 2.24) is 0 Å². The van der Waals surface area contributed by atoms with Gasteiger partial charge in [0.15, 0.2) is 0 Å². The van der Waals surface area contributed by atoms with E-state index in [4.69, 9.17) is 0 Å². The number of carbonyl (C=O) groups excluding carboxylic acids is 1.